The van der Waals surface area contributed by atoms with Gasteiger partial charge in [0, 0.05) is 11.6 Å². The van der Waals surface area contributed by atoms with Gasteiger partial charge in [-0.15, -0.1) is 0 Å². The number of methoxy groups -OCH3 is 2. The maximum atomic E-state index is 12.3. The predicted octanol–water partition coefficient (Wildman–Crippen LogP) is 3.21. The van der Waals surface area contributed by atoms with Gasteiger partial charge in [0.15, 0.2) is 11.5 Å². The van der Waals surface area contributed by atoms with Gasteiger partial charge < -0.3 is 14.2 Å². The normalized spacial score (nSPS) is 14.6. The van der Waals surface area contributed by atoms with Crippen LogP contribution >= 0.6 is 0 Å². The summed E-state index contributed by atoms with van der Waals surface area (Å²) in [5.74, 6) is 0.437. The lowest BCUT2D eigenvalue weighted by Crippen LogP contribution is -2.16. The molecule has 0 amide bonds. The Morgan fingerprint density at radius 1 is 1.16 bits per heavy atom. The quantitative estimate of drug-likeness (QED) is 0.367. The second-order valence-corrected chi connectivity index (χ2v) is 5.31. The smallest absolute Gasteiger partial charge is 0.339 e. The molecule has 0 bridgehead atoms. The Labute approximate surface area is 143 Å². The average molecular weight is 341 g/mol. The maximum absolute atomic E-state index is 12.3. The third-order valence-electron chi connectivity index (χ3n) is 3.91. The molecule has 2 aromatic carbocycles. The van der Waals surface area contributed by atoms with Crippen LogP contribution in [0, 0.1) is 10.1 Å². The van der Waals surface area contributed by atoms with Crippen LogP contribution in [0.15, 0.2) is 36.4 Å². The van der Waals surface area contributed by atoms with E-state index in [0.717, 1.165) is 5.56 Å². The van der Waals surface area contributed by atoms with Crippen LogP contribution in [0.2, 0.25) is 0 Å². The third kappa shape index (κ3) is 3.03. The molecule has 0 saturated carbocycles. The van der Waals surface area contributed by atoms with Crippen LogP contribution in [0.25, 0.3) is 11.6 Å². The van der Waals surface area contributed by atoms with E-state index in [0.29, 0.717) is 22.6 Å². The fraction of sp³-hybridized carbons (Fsp3) is 0.167. The van der Waals surface area contributed by atoms with E-state index in [-0.39, 0.29) is 17.9 Å². The van der Waals surface area contributed by atoms with Gasteiger partial charge in [0.1, 0.15) is 6.61 Å². The molecule has 0 aromatic heterocycles. The van der Waals surface area contributed by atoms with Crippen LogP contribution in [-0.4, -0.2) is 25.1 Å². The van der Waals surface area contributed by atoms with Crippen molar-refractivity contribution in [2.45, 2.75) is 6.61 Å². The first kappa shape index (κ1) is 16.5. The number of esters is 1. The minimum atomic E-state index is -0.544. The molecule has 0 saturated heterocycles. The molecule has 128 valence electrons. The Morgan fingerprint density at radius 3 is 2.52 bits per heavy atom. The number of fused-ring (bicyclic) bond motifs is 1. The Bertz CT molecular complexity index is 887. The van der Waals surface area contributed by atoms with E-state index >= 15 is 0 Å². The zero-order valence-electron chi connectivity index (χ0n) is 13.6. The van der Waals surface area contributed by atoms with Gasteiger partial charge >= 0.3 is 5.97 Å². The van der Waals surface area contributed by atoms with E-state index in [9.17, 15) is 14.9 Å². The van der Waals surface area contributed by atoms with Crippen LogP contribution in [-0.2, 0) is 16.1 Å². The average Bonchev–Trinajstić information content (AvgIpc) is 2.63. The molecule has 1 aliphatic heterocycles. The van der Waals surface area contributed by atoms with Crippen molar-refractivity contribution in [3.05, 3.63) is 63.2 Å². The number of hydrogen-bond donors (Lipinski definition) is 0. The van der Waals surface area contributed by atoms with Crippen molar-refractivity contribution in [3.8, 4) is 11.5 Å². The molecule has 25 heavy (non-hydrogen) atoms. The van der Waals surface area contributed by atoms with Crippen molar-refractivity contribution in [2.24, 2.45) is 0 Å². The van der Waals surface area contributed by atoms with Crippen LogP contribution in [0.3, 0.4) is 0 Å². The fourth-order valence-electron chi connectivity index (χ4n) is 2.69. The minimum absolute atomic E-state index is 0.0876. The Hall–Kier alpha value is -3.35. The van der Waals surface area contributed by atoms with Gasteiger partial charge in [0.2, 0.25) is 0 Å². The lowest BCUT2D eigenvalue weighted by atomic mass is 9.95. The molecule has 0 unspecified atom stereocenters. The number of nitrogens with zero attached hydrogens (tertiary/aromatic N) is 1. The van der Waals surface area contributed by atoms with E-state index in [1.807, 2.05) is 0 Å². The number of carbonyl (C=O) groups excluding carboxylic acids is 1. The van der Waals surface area contributed by atoms with Crippen molar-refractivity contribution in [1.82, 2.24) is 0 Å². The van der Waals surface area contributed by atoms with Crippen molar-refractivity contribution in [3.63, 3.8) is 0 Å². The molecule has 0 radical (unpaired) electrons. The summed E-state index contributed by atoms with van der Waals surface area (Å²) in [5.41, 5.74) is 1.81. The van der Waals surface area contributed by atoms with Crippen LogP contribution in [0.5, 0.6) is 11.5 Å². The molecule has 7 nitrogen and oxygen atoms in total. The number of rotatable bonds is 4. The summed E-state index contributed by atoms with van der Waals surface area (Å²) in [6.45, 7) is 0.0999. The van der Waals surface area contributed by atoms with Gasteiger partial charge in [0.05, 0.1) is 30.3 Å². The Morgan fingerprint density at radius 2 is 1.84 bits per heavy atom. The lowest BCUT2D eigenvalue weighted by Gasteiger charge is -2.21. The van der Waals surface area contributed by atoms with E-state index in [1.54, 1.807) is 30.3 Å². The van der Waals surface area contributed by atoms with E-state index in [1.165, 1.54) is 26.4 Å². The van der Waals surface area contributed by atoms with Crippen molar-refractivity contribution in [2.75, 3.05) is 14.2 Å². The number of carbonyl (C=O) groups is 1. The number of hydrogen-bond acceptors (Lipinski definition) is 6. The zero-order valence-corrected chi connectivity index (χ0v) is 13.6. The first-order valence-corrected chi connectivity index (χ1v) is 7.42. The summed E-state index contributed by atoms with van der Waals surface area (Å²) in [7, 11) is 3.01. The van der Waals surface area contributed by atoms with Gasteiger partial charge in [-0.3, -0.25) is 10.1 Å². The monoisotopic (exact) mass is 341 g/mol. The molecule has 3 rings (SSSR count). The van der Waals surface area contributed by atoms with Gasteiger partial charge in [-0.2, -0.15) is 0 Å². The molecule has 1 heterocycles. The topological polar surface area (TPSA) is 87.9 Å². The predicted molar refractivity (Wildman–Crippen MR) is 90.3 cm³/mol. The summed E-state index contributed by atoms with van der Waals surface area (Å²) in [6.07, 6.45) is 1.46. The van der Waals surface area contributed by atoms with Crippen molar-refractivity contribution in [1.29, 1.82) is 0 Å². The highest BCUT2D eigenvalue weighted by Crippen LogP contribution is 2.38. The highest BCUT2D eigenvalue weighted by molar-refractivity contribution is 6.23. The molecule has 0 atom stereocenters. The molecule has 7 heteroatoms. The highest BCUT2D eigenvalue weighted by atomic mass is 16.6. The van der Waals surface area contributed by atoms with Crippen molar-refractivity contribution < 1.29 is 23.9 Å². The summed E-state index contributed by atoms with van der Waals surface area (Å²) < 4.78 is 15.7. The largest absolute Gasteiger partial charge is 0.493 e. The molecule has 0 fully saturated rings. The molecule has 2 aromatic rings. The van der Waals surface area contributed by atoms with Gasteiger partial charge in [-0.25, -0.2) is 4.79 Å². The van der Waals surface area contributed by atoms with E-state index in [2.05, 4.69) is 0 Å². The number of cyclic esters (lactones) is 1. The molecule has 0 N–H and O–H groups in total. The second kappa shape index (κ2) is 6.64. The number of nitro groups is 1. The fourth-order valence-corrected chi connectivity index (χ4v) is 2.69. The molecule has 0 spiro atoms. The third-order valence-corrected chi connectivity index (χ3v) is 3.91. The molecule has 0 aliphatic carbocycles. The van der Waals surface area contributed by atoms with E-state index < -0.39 is 10.9 Å². The number of nitro benzene ring substituents is 1. The molecule has 1 aliphatic rings. The minimum Gasteiger partial charge on any atom is -0.493 e. The first-order valence-electron chi connectivity index (χ1n) is 7.42. The standard InChI is InChI=1S/C18H15NO6/c1-23-16-8-12-10-25-18(20)14(13(12)9-17(16)24-2)7-11-5-3-4-6-15(11)19(21)22/h3-9H,10H2,1-2H3/b14-7+. The van der Waals surface area contributed by atoms with Gasteiger partial charge in [-0.1, -0.05) is 12.1 Å². The SMILES string of the molecule is COc1cc2c(cc1OC)/C(=C\c1ccccc1[N+](=O)[O-])C(=O)OC2. The number of para-hydroxylation sites is 1. The molecular formula is C18H15NO6. The lowest BCUT2D eigenvalue weighted by molar-refractivity contribution is -0.385. The first-order chi connectivity index (χ1) is 12.0. The van der Waals surface area contributed by atoms with Gasteiger partial charge in [-0.05, 0) is 29.8 Å². The summed E-state index contributed by atoms with van der Waals surface area (Å²) in [5, 5.41) is 11.2. The summed E-state index contributed by atoms with van der Waals surface area (Å²) >= 11 is 0. The second-order valence-electron chi connectivity index (χ2n) is 5.31. The Kier molecular flexibility index (Phi) is 4.38. The van der Waals surface area contributed by atoms with Crippen LogP contribution < -0.4 is 9.47 Å². The number of ether oxygens (including phenoxy) is 3. The summed E-state index contributed by atoms with van der Waals surface area (Å²) in [4.78, 5) is 23.0. The molecular weight excluding hydrogens is 326 g/mol. The van der Waals surface area contributed by atoms with Crippen LogP contribution in [0.1, 0.15) is 16.7 Å². The van der Waals surface area contributed by atoms with Gasteiger partial charge in [0.25, 0.3) is 5.69 Å². The maximum Gasteiger partial charge on any atom is 0.339 e. The summed E-state index contributed by atoms with van der Waals surface area (Å²) in [6, 6.07) is 9.61. The zero-order chi connectivity index (χ0) is 18.0. The van der Waals surface area contributed by atoms with E-state index in [4.69, 9.17) is 14.2 Å². The number of benzene rings is 2. The Balaban J connectivity index is 2.19. The van der Waals surface area contributed by atoms with Crippen molar-refractivity contribution >= 4 is 23.3 Å². The highest BCUT2D eigenvalue weighted by Gasteiger charge is 2.26. The van der Waals surface area contributed by atoms with Crippen LogP contribution in [0.4, 0.5) is 5.69 Å².